The second kappa shape index (κ2) is 5.72. The molecule has 84 valence electrons. The summed E-state index contributed by atoms with van der Waals surface area (Å²) >= 11 is 0. The number of rotatable bonds is 4. The summed E-state index contributed by atoms with van der Waals surface area (Å²) in [7, 11) is 0. The van der Waals surface area contributed by atoms with Crippen molar-refractivity contribution in [2.75, 3.05) is 26.2 Å². The van der Waals surface area contributed by atoms with E-state index in [1.54, 1.807) is 0 Å². The van der Waals surface area contributed by atoms with Gasteiger partial charge in [-0.2, -0.15) is 0 Å². The van der Waals surface area contributed by atoms with Gasteiger partial charge in [-0.15, -0.1) is 0 Å². The van der Waals surface area contributed by atoms with E-state index in [0.717, 1.165) is 11.8 Å². The van der Waals surface area contributed by atoms with E-state index < -0.39 is 0 Å². The molecule has 0 amide bonds. The van der Waals surface area contributed by atoms with Crippen molar-refractivity contribution in [2.24, 2.45) is 11.8 Å². The molecule has 1 N–H and O–H groups in total. The molecule has 0 saturated carbocycles. The van der Waals surface area contributed by atoms with E-state index in [-0.39, 0.29) is 0 Å². The highest BCUT2D eigenvalue weighted by Gasteiger charge is 2.22. The van der Waals surface area contributed by atoms with Crippen molar-refractivity contribution >= 4 is 0 Å². The SMILES string of the molecule is CCC(C)CN1CCNC(C(C)C)C1. The van der Waals surface area contributed by atoms with E-state index in [0.29, 0.717) is 6.04 Å². The Kier molecular flexibility index (Phi) is 4.90. The average molecular weight is 198 g/mol. The first-order chi connectivity index (χ1) is 6.63. The van der Waals surface area contributed by atoms with E-state index >= 15 is 0 Å². The minimum atomic E-state index is 0.702. The first-order valence-electron chi connectivity index (χ1n) is 6.09. The van der Waals surface area contributed by atoms with Crippen molar-refractivity contribution in [3.8, 4) is 0 Å². The highest BCUT2D eigenvalue weighted by atomic mass is 15.2. The molecule has 0 aromatic rings. The summed E-state index contributed by atoms with van der Waals surface area (Å²) in [5, 5.41) is 3.60. The summed E-state index contributed by atoms with van der Waals surface area (Å²) in [5.41, 5.74) is 0. The summed E-state index contributed by atoms with van der Waals surface area (Å²) < 4.78 is 0. The van der Waals surface area contributed by atoms with Gasteiger partial charge < -0.3 is 10.2 Å². The predicted molar refractivity (Wildman–Crippen MR) is 62.5 cm³/mol. The van der Waals surface area contributed by atoms with Gasteiger partial charge in [0.25, 0.3) is 0 Å². The fourth-order valence-corrected chi connectivity index (χ4v) is 2.02. The minimum Gasteiger partial charge on any atom is -0.311 e. The second-order valence-electron chi connectivity index (χ2n) is 5.08. The van der Waals surface area contributed by atoms with Crippen molar-refractivity contribution in [3.05, 3.63) is 0 Å². The molecule has 2 unspecified atom stereocenters. The molecule has 1 saturated heterocycles. The van der Waals surface area contributed by atoms with Crippen LogP contribution in [0.5, 0.6) is 0 Å². The van der Waals surface area contributed by atoms with E-state index in [9.17, 15) is 0 Å². The lowest BCUT2D eigenvalue weighted by atomic mass is 10.0. The van der Waals surface area contributed by atoms with Crippen LogP contribution >= 0.6 is 0 Å². The number of nitrogens with zero attached hydrogens (tertiary/aromatic N) is 1. The van der Waals surface area contributed by atoms with Gasteiger partial charge in [0.05, 0.1) is 0 Å². The standard InChI is InChI=1S/C12H26N2/c1-5-11(4)8-14-7-6-13-12(9-14)10(2)3/h10-13H,5-9H2,1-4H3. The third kappa shape index (κ3) is 3.58. The van der Waals surface area contributed by atoms with Crippen LogP contribution in [0.3, 0.4) is 0 Å². The van der Waals surface area contributed by atoms with Crippen LogP contribution in [0, 0.1) is 11.8 Å². The summed E-state index contributed by atoms with van der Waals surface area (Å²) in [6, 6.07) is 0.702. The molecule has 0 aliphatic carbocycles. The molecule has 0 bridgehead atoms. The predicted octanol–water partition coefficient (Wildman–Crippen LogP) is 1.96. The Balaban J connectivity index is 2.32. The maximum Gasteiger partial charge on any atom is 0.0218 e. The highest BCUT2D eigenvalue weighted by molar-refractivity contribution is 4.81. The minimum absolute atomic E-state index is 0.702. The molecule has 14 heavy (non-hydrogen) atoms. The van der Waals surface area contributed by atoms with Gasteiger partial charge in [-0.05, 0) is 11.8 Å². The van der Waals surface area contributed by atoms with E-state index in [2.05, 4.69) is 37.9 Å². The highest BCUT2D eigenvalue weighted by Crippen LogP contribution is 2.11. The van der Waals surface area contributed by atoms with Crippen LogP contribution in [-0.2, 0) is 0 Å². The Morgan fingerprint density at radius 3 is 2.64 bits per heavy atom. The molecule has 1 heterocycles. The van der Waals surface area contributed by atoms with Gasteiger partial charge in [-0.25, -0.2) is 0 Å². The summed E-state index contributed by atoms with van der Waals surface area (Å²) in [6.45, 7) is 14.2. The molecule has 2 atom stereocenters. The lowest BCUT2D eigenvalue weighted by molar-refractivity contribution is 0.155. The van der Waals surface area contributed by atoms with Crippen LogP contribution < -0.4 is 5.32 Å². The third-order valence-corrected chi connectivity index (χ3v) is 3.36. The molecule has 1 fully saturated rings. The van der Waals surface area contributed by atoms with Gasteiger partial charge in [0, 0.05) is 32.2 Å². The Labute approximate surface area is 89.1 Å². The van der Waals surface area contributed by atoms with Crippen molar-refractivity contribution in [3.63, 3.8) is 0 Å². The normalized spacial score (nSPS) is 26.8. The Morgan fingerprint density at radius 2 is 2.07 bits per heavy atom. The van der Waals surface area contributed by atoms with Gasteiger partial charge in [0.15, 0.2) is 0 Å². The van der Waals surface area contributed by atoms with Crippen molar-refractivity contribution < 1.29 is 0 Å². The number of hydrogen-bond acceptors (Lipinski definition) is 2. The molecule has 1 aliphatic rings. The van der Waals surface area contributed by atoms with Crippen molar-refractivity contribution in [1.29, 1.82) is 0 Å². The molecule has 0 spiro atoms. The van der Waals surface area contributed by atoms with Gasteiger partial charge in [-0.3, -0.25) is 0 Å². The van der Waals surface area contributed by atoms with Crippen LogP contribution in [0.1, 0.15) is 34.1 Å². The zero-order valence-electron chi connectivity index (χ0n) is 10.2. The van der Waals surface area contributed by atoms with E-state index in [4.69, 9.17) is 0 Å². The molecule has 1 rings (SSSR count). The van der Waals surface area contributed by atoms with Crippen molar-refractivity contribution in [1.82, 2.24) is 10.2 Å². The van der Waals surface area contributed by atoms with Gasteiger partial charge >= 0.3 is 0 Å². The second-order valence-corrected chi connectivity index (χ2v) is 5.08. The summed E-state index contributed by atoms with van der Waals surface area (Å²) in [4.78, 5) is 2.62. The van der Waals surface area contributed by atoms with Crippen LogP contribution in [0.15, 0.2) is 0 Å². The first kappa shape index (κ1) is 12.0. The third-order valence-electron chi connectivity index (χ3n) is 3.36. The van der Waals surface area contributed by atoms with Gasteiger partial charge in [0.2, 0.25) is 0 Å². The zero-order chi connectivity index (χ0) is 10.6. The Bertz CT molecular complexity index is 156. The molecule has 2 nitrogen and oxygen atoms in total. The lowest BCUT2D eigenvalue weighted by Gasteiger charge is -2.36. The fourth-order valence-electron chi connectivity index (χ4n) is 2.02. The summed E-state index contributed by atoms with van der Waals surface area (Å²) in [5.74, 6) is 1.61. The first-order valence-corrected chi connectivity index (χ1v) is 6.09. The van der Waals surface area contributed by atoms with Gasteiger partial charge in [0.1, 0.15) is 0 Å². The van der Waals surface area contributed by atoms with Gasteiger partial charge in [-0.1, -0.05) is 34.1 Å². The number of piperazine rings is 1. The average Bonchev–Trinajstić information content (AvgIpc) is 2.18. The lowest BCUT2D eigenvalue weighted by Crippen LogP contribution is -2.53. The Hall–Kier alpha value is -0.0800. The maximum atomic E-state index is 3.60. The van der Waals surface area contributed by atoms with Crippen LogP contribution in [0.25, 0.3) is 0 Å². The Morgan fingerprint density at radius 1 is 1.36 bits per heavy atom. The quantitative estimate of drug-likeness (QED) is 0.743. The number of hydrogen-bond donors (Lipinski definition) is 1. The number of nitrogens with one attached hydrogen (secondary N) is 1. The van der Waals surface area contributed by atoms with Crippen LogP contribution in [0.4, 0.5) is 0 Å². The van der Waals surface area contributed by atoms with Crippen LogP contribution in [0.2, 0.25) is 0 Å². The monoisotopic (exact) mass is 198 g/mol. The zero-order valence-corrected chi connectivity index (χ0v) is 10.2. The maximum absolute atomic E-state index is 3.60. The molecule has 0 aromatic heterocycles. The molecular formula is C12H26N2. The molecule has 0 radical (unpaired) electrons. The van der Waals surface area contributed by atoms with E-state index in [1.807, 2.05) is 0 Å². The van der Waals surface area contributed by atoms with Crippen molar-refractivity contribution in [2.45, 2.75) is 40.2 Å². The smallest absolute Gasteiger partial charge is 0.0218 e. The molecule has 2 heteroatoms. The molecular weight excluding hydrogens is 172 g/mol. The largest absolute Gasteiger partial charge is 0.311 e. The summed E-state index contributed by atoms with van der Waals surface area (Å²) in [6.07, 6.45) is 1.30. The fraction of sp³-hybridized carbons (Fsp3) is 1.00. The van der Waals surface area contributed by atoms with Crippen LogP contribution in [-0.4, -0.2) is 37.1 Å². The topological polar surface area (TPSA) is 15.3 Å². The molecule has 0 aromatic carbocycles. The molecule has 1 aliphatic heterocycles. The van der Waals surface area contributed by atoms with E-state index in [1.165, 1.54) is 32.6 Å².